The van der Waals surface area contributed by atoms with E-state index in [0.29, 0.717) is 31.1 Å². The van der Waals surface area contributed by atoms with E-state index in [0.717, 1.165) is 12.8 Å². The third kappa shape index (κ3) is 3.91. The van der Waals surface area contributed by atoms with Gasteiger partial charge in [0.25, 0.3) is 0 Å². The fourth-order valence-electron chi connectivity index (χ4n) is 2.33. The molecule has 5 nitrogen and oxygen atoms in total. The van der Waals surface area contributed by atoms with Gasteiger partial charge in [-0.1, -0.05) is 11.6 Å². The Hall–Kier alpha value is -1.69. The molecule has 1 aliphatic rings. The Bertz CT molecular complexity index is 519. The largest absolute Gasteiger partial charge is 0.450 e. The lowest BCUT2D eigenvalue weighted by atomic mass is 10.0. The highest BCUT2D eigenvalue weighted by atomic mass is 35.5. The minimum atomic E-state index is -0.531. The highest BCUT2D eigenvalue weighted by Gasteiger charge is 2.24. The van der Waals surface area contributed by atoms with Crippen molar-refractivity contribution < 1.29 is 13.9 Å². The lowest BCUT2D eigenvalue weighted by Gasteiger charge is -2.32. The second kappa shape index (κ2) is 6.85. The Labute approximate surface area is 128 Å². The van der Waals surface area contributed by atoms with Crippen molar-refractivity contribution in [3.8, 4) is 0 Å². The van der Waals surface area contributed by atoms with Gasteiger partial charge in [-0.15, -0.1) is 0 Å². The van der Waals surface area contributed by atoms with Crippen LogP contribution in [0, 0.1) is 5.82 Å². The molecule has 116 valence electrons. The van der Waals surface area contributed by atoms with Gasteiger partial charge >= 0.3 is 6.09 Å². The molecule has 0 unspecified atom stereocenters. The number of likely N-dealkylation sites (tertiary alicyclic amines) is 1. The fourth-order valence-corrected chi connectivity index (χ4v) is 2.49. The molecule has 0 saturated carbocycles. The summed E-state index contributed by atoms with van der Waals surface area (Å²) < 4.78 is 18.2. The summed E-state index contributed by atoms with van der Waals surface area (Å²) in [5.41, 5.74) is 6.72. The van der Waals surface area contributed by atoms with Gasteiger partial charge in [0.15, 0.2) is 0 Å². The van der Waals surface area contributed by atoms with Gasteiger partial charge in [0.2, 0.25) is 0 Å². The molecule has 0 aromatic heterocycles. The number of rotatable bonds is 3. The molecule has 0 aliphatic carbocycles. The van der Waals surface area contributed by atoms with E-state index in [4.69, 9.17) is 22.1 Å². The predicted molar refractivity (Wildman–Crippen MR) is 81.1 cm³/mol. The van der Waals surface area contributed by atoms with Gasteiger partial charge in [0.1, 0.15) is 5.82 Å². The van der Waals surface area contributed by atoms with Crippen molar-refractivity contribution in [1.29, 1.82) is 0 Å². The second-order valence-corrected chi connectivity index (χ2v) is 5.37. The van der Waals surface area contributed by atoms with Crippen LogP contribution in [0.1, 0.15) is 19.8 Å². The normalized spacial score (nSPS) is 15.9. The van der Waals surface area contributed by atoms with Crippen molar-refractivity contribution in [1.82, 2.24) is 4.90 Å². The maximum Gasteiger partial charge on any atom is 0.409 e. The summed E-state index contributed by atoms with van der Waals surface area (Å²) in [6.45, 7) is 3.39. The van der Waals surface area contributed by atoms with Crippen LogP contribution in [-0.2, 0) is 4.74 Å². The van der Waals surface area contributed by atoms with Crippen LogP contribution in [0.15, 0.2) is 12.1 Å². The number of hydrogen-bond donors (Lipinski definition) is 2. The number of nitrogens with zero attached hydrogens (tertiary/aromatic N) is 1. The number of nitrogens with one attached hydrogen (secondary N) is 1. The smallest absolute Gasteiger partial charge is 0.409 e. The first kappa shape index (κ1) is 15.7. The Kier molecular flexibility index (Phi) is 5.12. The average molecular weight is 316 g/mol. The first-order chi connectivity index (χ1) is 10.0. The van der Waals surface area contributed by atoms with Crippen LogP contribution in [0.3, 0.4) is 0 Å². The lowest BCUT2D eigenvalue weighted by Crippen LogP contribution is -2.42. The topological polar surface area (TPSA) is 67.6 Å². The molecule has 1 aromatic rings. The SMILES string of the molecule is CCOC(=O)N1CCC(Nc2cc(Cl)c(F)cc2N)CC1. The molecule has 7 heteroatoms. The number of halogens is 2. The molecule has 1 fully saturated rings. The number of carbonyl (C=O) groups excluding carboxylic acids is 1. The van der Waals surface area contributed by atoms with Gasteiger partial charge in [-0.05, 0) is 25.8 Å². The predicted octanol–water partition coefficient (Wildman–Crippen LogP) is 3.09. The van der Waals surface area contributed by atoms with Gasteiger partial charge in [0, 0.05) is 25.2 Å². The molecule has 1 aliphatic heterocycles. The zero-order valence-electron chi connectivity index (χ0n) is 11.9. The monoisotopic (exact) mass is 315 g/mol. The molecule has 1 heterocycles. The number of benzene rings is 1. The van der Waals surface area contributed by atoms with Crippen molar-refractivity contribution in [3.63, 3.8) is 0 Å². The Morgan fingerprint density at radius 2 is 2.19 bits per heavy atom. The van der Waals surface area contributed by atoms with E-state index in [1.54, 1.807) is 11.8 Å². The van der Waals surface area contributed by atoms with Crippen LogP contribution in [0.2, 0.25) is 5.02 Å². The molecule has 0 spiro atoms. The van der Waals surface area contributed by atoms with Crippen LogP contribution in [-0.4, -0.2) is 36.7 Å². The van der Waals surface area contributed by atoms with E-state index < -0.39 is 5.82 Å². The Morgan fingerprint density at radius 3 is 2.81 bits per heavy atom. The molecule has 3 N–H and O–H groups in total. The number of amides is 1. The summed E-state index contributed by atoms with van der Waals surface area (Å²) >= 11 is 5.76. The summed E-state index contributed by atoms with van der Waals surface area (Å²) in [7, 11) is 0. The number of hydrogen-bond acceptors (Lipinski definition) is 4. The number of anilines is 2. The fraction of sp³-hybridized carbons (Fsp3) is 0.500. The van der Waals surface area contributed by atoms with E-state index in [1.165, 1.54) is 12.1 Å². The van der Waals surface area contributed by atoms with Crippen molar-refractivity contribution in [2.45, 2.75) is 25.8 Å². The third-order valence-corrected chi connectivity index (χ3v) is 3.76. The van der Waals surface area contributed by atoms with Crippen LogP contribution in [0.5, 0.6) is 0 Å². The summed E-state index contributed by atoms with van der Waals surface area (Å²) in [6.07, 6.45) is 1.26. The van der Waals surface area contributed by atoms with E-state index in [-0.39, 0.29) is 17.2 Å². The number of ether oxygens (including phenoxy) is 1. The average Bonchev–Trinajstić information content (AvgIpc) is 2.46. The molecular formula is C14H19ClFN3O2. The molecule has 0 bridgehead atoms. The van der Waals surface area contributed by atoms with E-state index in [2.05, 4.69) is 5.32 Å². The molecule has 2 rings (SSSR count). The van der Waals surface area contributed by atoms with Crippen molar-refractivity contribution in [2.75, 3.05) is 30.7 Å². The summed E-state index contributed by atoms with van der Waals surface area (Å²) in [6, 6.07) is 2.86. The number of nitrogens with two attached hydrogens (primary N) is 1. The van der Waals surface area contributed by atoms with Crippen LogP contribution >= 0.6 is 11.6 Å². The lowest BCUT2D eigenvalue weighted by molar-refractivity contribution is 0.0983. The molecule has 1 amide bonds. The van der Waals surface area contributed by atoms with Crippen molar-refractivity contribution in [3.05, 3.63) is 23.0 Å². The van der Waals surface area contributed by atoms with Gasteiger partial charge in [-0.25, -0.2) is 9.18 Å². The highest BCUT2D eigenvalue weighted by molar-refractivity contribution is 6.31. The maximum absolute atomic E-state index is 13.3. The van der Waals surface area contributed by atoms with Crippen LogP contribution in [0.25, 0.3) is 0 Å². The number of piperidine rings is 1. The quantitative estimate of drug-likeness (QED) is 0.841. The molecule has 21 heavy (non-hydrogen) atoms. The van der Waals surface area contributed by atoms with E-state index in [9.17, 15) is 9.18 Å². The zero-order chi connectivity index (χ0) is 15.4. The molecule has 0 atom stereocenters. The highest BCUT2D eigenvalue weighted by Crippen LogP contribution is 2.28. The maximum atomic E-state index is 13.3. The minimum Gasteiger partial charge on any atom is -0.450 e. The summed E-state index contributed by atoms with van der Waals surface area (Å²) in [5.74, 6) is -0.531. The summed E-state index contributed by atoms with van der Waals surface area (Å²) in [4.78, 5) is 13.3. The van der Waals surface area contributed by atoms with Gasteiger partial charge in [-0.3, -0.25) is 0 Å². The van der Waals surface area contributed by atoms with Gasteiger partial charge in [-0.2, -0.15) is 0 Å². The van der Waals surface area contributed by atoms with Crippen LogP contribution in [0.4, 0.5) is 20.6 Å². The van der Waals surface area contributed by atoms with Crippen LogP contribution < -0.4 is 11.1 Å². The van der Waals surface area contributed by atoms with E-state index in [1.807, 2.05) is 0 Å². The summed E-state index contributed by atoms with van der Waals surface area (Å²) in [5, 5.41) is 3.29. The minimum absolute atomic E-state index is 0.0376. The number of nitrogen functional groups attached to an aromatic ring is 1. The van der Waals surface area contributed by atoms with Gasteiger partial charge < -0.3 is 20.7 Å². The second-order valence-electron chi connectivity index (χ2n) is 4.96. The standard InChI is InChI=1S/C14H19ClFN3O2/c1-2-21-14(20)19-5-3-9(4-6-19)18-13-7-10(15)11(16)8-12(13)17/h7-9,18H,2-6,17H2,1H3. The Balaban J connectivity index is 1.92. The van der Waals surface area contributed by atoms with Crippen molar-refractivity contribution in [2.24, 2.45) is 0 Å². The zero-order valence-corrected chi connectivity index (χ0v) is 12.6. The molecular weight excluding hydrogens is 297 g/mol. The molecule has 1 aromatic carbocycles. The van der Waals surface area contributed by atoms with E-state index >= 15 is 0 Å². The molecule has 1 saturated heterocycles. The Morgan fingerprint density at radius 1 is 1.52 bits per heavy atom. The third-order valence-electron chi connectivity index (χ3n) is 3.47. The first-order valence-electron chi connectivity index (χ1n) is 6.94. The van der Waals surface area contributed by atoms with Gasteiger partial charge in [0.05, 0.1) is 23.0 Å². The molecule has 0 radical (unpaired) electrons. The van der Waals surface area contributed by atoms with Crippen molar-refractivity contribution >= 4 is 29.1 Å². The number of carbonyl (C=O) groups is 1. The first-order valence-corrected chi connectivity index (χ1v) is 7.31.